The predicted octanol–water partition coefficient (Wildman–Crippen LogP) is 3.46. The third kappa shape index (κ3) is 5.84. The zero-order valence-corrected chi connectivity index (χ0v) is 15.1. The van der Waals surface area contributed by atoms with Gasteiger partial charge in [0.1, 0.15) is 0 Å². The van der Waals surface area contributed by atoms with Crippen molar-refractivity contribution in [2.45, 2.75) is 6.42 Å². The Balaban J connectivity index is 1.72. The normalized spacial score (nSPS) is 10.2. The zero-order valence-electron chi connectivity index (χ0n) is 12.2. The fraction of sp³-hybridized carbons (Fsp3) is 0.176. The van der Waals surface area contributed by atoms with E-state index in [1.807, 2.05) is 36.4 Å². The molecule has 0 aromatic heterocycles. The molecular formula is C17H15ClINO3. The summed E-state index contributed by atoms with van der Waals surface area (Å²) in [6.45, 7) is 0.186. The molecule has 0 aliphatic carbocycles. The molecule has 0 atom stereocenters. The lowest BCUT2D eigenvalue weighted by atomic mass is 10.1. The van der Waals surface area contributed by atoms with Crippen molar-refractivity contribution >= 4 is 46.1 Å². The van der Waals surface area contributed by atoms with Crippen LogP contribution in [0.5, 0.6) is 0 Å². The van der Waals surface area contributed by atoms with Crippen LogP contribution in [0.1, 0.15) is 15.9 Å². The molecule has 0 aliphatic rings. The third-order valence-electron chi connectivity index (χ3n) is 3.08. The van der Waals surface area contributed by atoms with Crippen molar-refractivity contribution in [1.82, 2.24) is 5.32 Å². The highest BCUT2D eigenvalue weighted by Crippen LogP contribution is 2.12. The van der Waals surface area contributed by atoms with Gasteiger partial charge in [0.25, 0.3) is 5.91 Å². The highest BCUT2D eigenvalue weighted by Gasteiger charge is 2.12. The number of carbonyl (C=O) groups is 2. The molecule has 23 heavy (non-hydrogen) atoms. The third-order valence-corrected chi connectivity index (χ3v) is 4.27. The van der Waals surface area contributed by atoms with E-state index in [0.29, 0.717) is 23.6 Å². The number of rotatable bonds is 6. The number of hydrogen-bond acceptors (Lipinski definition) is 3. The zero-order chi connectivity index (χ0) is 16.7. The van der Waals surface area contributed by atoms with E-state index in [2.05, 4.69) is 27.9 Å². The van der Waals surface area contributed by atoms with Gasteiger partial charge in [0, 0.05) is 15.1 Å². The Kier molecular flexibility index (Phi) is 6.85. The number of benzene rings is 2. The van der Waals surface area contributed by atoms with Gasteiger partial charge in [-0.1, -0.05) is 35.9 Å². The van der Waals surface area contributed by atoms with Crippen molar-refractivity contribution in [3.05, 3.63) is 68.3 Å². The Bertz CT molecular complexity index is 688. The molecule has 0 radical (unpaired) electrons. The van der Waals surface area contributed by atoms with E-state index in [0.717, 1.165) is 9.13 Å². The highest BCUT2D eigenvalue weighted by molar-refractivity contribution is 14.1. The van der Waals surface area contributed by atoms with Gasteiger partial charge in [0.2, 0.25) is 0 Å². The van der Waals surface area contributed by atoms with Crippen LogP contribution >= 0.6 is 34.2 Å². The Morgan fingerprint density at radius 3 is 2.48 bits per heavy atom. The molecule has 0 heterocycles. The van der Waals surface area contributed by atoms with Crippen LogP contribution in [0, 0.1) is 3.57 Å². The first-order valence-corrected chi connectivity index (χ1v) is 8.45. The quantitative estimate of drug-likeness (QED) is 0.549. The van der Waals surface area contributed by atoms with Gasteiger partial charge in [-0.05, 0) is 58.8 Å². The molecule has 0 bridgehead atoms. The fourth-order valence-electron chi connectivity index (χ4n) is 1.88. The summed E-state index contributed by atoms with van der Waals surface area (Å²) in [5.74, 6) is -0.818. The molecule has 1 N–H and O–H groups in total. The Labute approximate surface area is 153 Å². The first kappa shape index (κ1) is 17.7. The maximum atomic E-state index is 11.9. The lowest BCUT2D eigenvalue weighted by Crippen LogP contribution is -2.30. The Hall–Kier alpha value is -1.60. The standard InChI is InChI=1S/C17H15ClINO3/c18-13-7-5-12(6-8-13)9-10-20-16(21)11-23-17(22)14-3-1-2-4-15(14)19/h1-8H,9-11H2,(H,20,21). The summed E-state index contributed by atoms with van der Waals surface area (Å²) in [4.78, 5) is 23.6. The molecule has 6 heteroatoms. The van der Waals surface area contributed by atoms with Gasteiger partial charge < -0.3 is 10.1 Å². The monoisotopic (exact) mass is 443 g/mol. The summed E-state index contributed by atoms with van der Waals surface area (Å²) >= 11 is 7.86. The molecule has 2 rings (SSSR count). The van der Waals surface area contributed by atoms with Gasteiger partial charge in [0.15, 0.2) is 6.61 Å². The van der Waals surface area contributed by atoms with E-state index in [-0.39, 0.29) is 12.5 Å². The molecular weight excluding hydrogens is 429 g/mol. The summed E-state index contributed by atoms with van der Waals surface area (Å²) in [5, 5.41) is 3.40. The summed E-state index contributed by atoms with van der Waals surface area (Å²) in [6, 6.07) is 14.5. The number of nitrogens with one attached hydrogen (secondary N) is 1. The van der Waals surface area contributed by atoms with Crippen LogP contribution in [0.25, 0.3) is 0 Å². The van der Waals surface area contributed by atoms with Gasteiger partial charge in [-0.25, -0.2) is 4.79 Å². The molecule has 0 fully saturated rings. The van der Waals surface area contributed by atoms with Crippen molar-refractivity contribution < 1.29 is 14.3 Å². The van der Waals surface area contributed by atoms with Crippen molar-refractivity contribution in [2.75, 3.05) is 13.2 Å². The number of halogens is 2. The summed E-state index contributed by atoms with van der Waals surface area (Å²) in [6.07, 6.45) is 0.688. The molecule has 0 aliphatic heterocycles. The first-order chi connectivity index (χ1) is 11.1. The molecule has 0 spiro atoms. The SMILES string of the molecule is O=C(COC(=O)c1ccccc1I)NCCc1ccc(Cl)cc1. The highest BCUT2D eigenvalue weighted by atomic mass is 127. The molecule has 0 saturated carbocycles. The number of ether oxygens (including phenoxy) is 1. The minimum Gasteiger partial charge on any atom is -0.452 e. The smallest absolute Gasteiger partial charge is 0.339 e. The van der Waals surface area contributed by atoms with Gasteiger partial charge in [-0.2, -0.15) is 0 Å². The summed E-state index contributed by atoms with van der Waals surface area (Å²) < 4.78 is 5.81. The van der Waals surface area contributed by atoms with E-state index < -0.39 is 5.97 Å². The first-order valence-electron chi connectivity index (χ1n) is 6.99. The lowest BCUT2D eigenvalue weighted by Gasteiger charge is -2.07. The van der Waals surface area contributed by atoms with Crippen molar-refractivity contribution in [1.29, 1.82) is 0 Å². The average Bonchev–Trinajstić information content (AvgIpc) is 2.55. The van der Waals surface area contributed by atoms with Crippen LogP contribution < -0.4 is 5.32 Å². The molecule has 2 aromatic rings. The average molecular weight is 444 g/mol. The van der Waals surface area contributed by atoms with Crippen LogP contribution in [-0.4, -0.2) is 25.0 Å². The minimum absolute atomic E-state index is 0.287. The topological polar surface area (TPSA) is 55.4 Å². The summed E-state index contributed by atoms with van der Waals surface area (Å²) in [7, 11) is 0. The number of carbonyl (C=O) groups excluding carboxylic acids is 2. The van der Waals surface area contributed by atoms with Crippen LogP contribution in [0.3, 0.4) is 0 Å². The molecule has 2 aromatic carbocycles. The van der Waals surface area contributed by atoms with Gasteiger partial charge in [0.05, 0.1) is 5.56 Å². The Morgan fingerprint density at radius 1 is 1.09 bits per heavy atom. The number of hydrogen-bond donors (Lipinski definition) is 1. The maximum absolute atomic E-state index is 11.9. The van der Waals surface area contributed by atoms with Crippen LogP contribution in [-0.2, 0) is 16.0 Å². The van der Waals surface area contributed by atoms with Crippen molar-refractivity contribution in [3.63, 3.8) is 0 Å². The maximum Gasteiger partial charge on any atom is 0.339 e. The van der Waals surface area contributed by atoms with E-state index in [4.69, 9.17) is 16.3 Å². The van der Waals surface area contributed by atoms with Gasteiger partial charge in [-0.3, -0.25) is 4.79 Å². The molecule has 1 amide bonds. The largest absolute Gasteiger partial charge is 0.452 e. The van der Waals surface area contributed by atoms with Crippen molar-refractivity contribution in [3.8, 4) is 0 Å². The van der Waals surface area contributed by atoms with E-state index >= 15 is 0 Å². The van der Waals surface area contributed by atoms with E-state index in [1.54, 1.807) is 12.1 Å². The van der Waals surface area contributed by atoms with Crippen LogP contribution in [0.2, 0.25) is 5.02 Å². The van der Waals surface area contributed by atoms with Gasteiger partial charge in [-0.15, -0.1) is 0 Å². The molecule has 0 unspecified atom stereocenters. The number of esters is 1. The molecule has 0 saturated heterocycles. The second kappa shape index (κ2) is 8.88. The second-order valence-corrected chi connectivity index (χ2v) is 6.38. The van der Waals surface area contributed by atoms with Crippen molar-refractivity contribution in [2.24, 2.45) is 0 Å². The predicted molar refractivity (Wildman–Crippen MR) is 97.6 cm³/mol. The van der Waals surface area contributed by atoms with Crippen LogP contribution in [0.4, 0.5) is 0 Å². The summed E-state index contributed by atoms with van der Waals surface area (Å²) in [5.41, 5.74) is 1.53. The van der Waals surface area contributed by atoms with Gasteiger partial charge >= 0.3 is 5.97 Å². The number of amides is 1. The van der Waals surface area contributed by atoms with E-state index in [9.17, 15) is 9.59 Å². The van der Waals surface area contributed by atoms with E-state index in [1.165, 1.54) is 0 Å². The Morgan fingerprint density at radius 2 is 1.78 bits per heavy atom. The molecule has 120 valence electrons. The minimum atomic E-state index is -0.497. The lowest BCUT2D eigenvalue weighted by molar-refractivity contribution is -0.124. The second-order valence-electron chi connectivity index (χ2n) is 4.78. The van der Waals surface area contributed by atoms with Crippen LogP contribution in [0.15, 0.2) is 48.5 Å². The fourth-order valence-corrected chi connectivity index (χ4v) is 2.62. The molecule has 4 nitrogen and oxygen atoms in total.